The summed E-state index contributed by atoms with van der Waals surface area (Å²) in [7, 11) is 0. The Balaban J connectivity index is 1.61. The molecule has 25 heavy (non-hydrogen) atoms. The molecule has 0 aliphatic carbocycles. The van der Waals surface area contributed by atoms with Gasteiger partial charge in [-0.3, -0.25) is 9.59 Å². The first kappa shape index (κ1) is 16.1. The summed E-state index contributed by atoms with van der Waals surface area (Å²) in [6, 6.07) is 13.7. The van der Waals surface area contributed by atoms with Crippen LogP contribution in [0.4, 0.5) is 5.69 Å². The molecule has 1 saturated heterocycles. The van der Waals surface area contributed by atoms with Crippen molar-refractivity contribution in [3.05, 3.63) is 64.1 Å². The van der Waals surface area contributed by atoms with E-state index < -0.39 is 11.5 Å². The van der Waals surface area contributed by atoms with Gasteiger partial charge in [-0.1, -0.05) is 46.6 Å². The van der Waals surface area contributed by atoms with Crippen molar-refractivity contribution in [2.75, 3.05) is 4.90 Å². The fraction of sp³-hybridized carbons (Fsp3) is 0.167. The second-order valence-corrected chi connectivity index (χ2v) is 6.87. The third-order valence-corrected chi connectivity index (χ3v) is 4.79. The maximum Gasteiger partial charge on any atom is 0.281 e. The number of oxime groups is 1. The zero-order valence-electron chi connectivity index (χ0n) is 12.9. The number of hydrogen-bond acceptors (Lipinski definition) is 4. The molecule has 1 atom stereocenters. The lowest BCUT2D eigenvalue weighted by Crippen LogP contribution is -2.40. The molecule has 126 valence electrons. The molecule has 2 aliphatic heterocycles. The first-order chi connectivity index (χ1) is 12.0. The van der Waals surface area contributed by atoms with Crippen LogP contribution in [0.15, 0.2) is 53.7 Å². The molecule has 0 aromatic heterocycles. The van der Waals surface area contributed by atoms with Crippen molar-refractivity contribution in [1.29, 1.82) is 0 Å². The van der Waals surface area contributed by atoms with E-state index in [9.17, 15) is 9.59 Å². The summed E-state index contributed by atoms with van der Waals surface area (Å²) in [6.07, 6.45) is 0.176. The Labute approximate surface area is 153 Å². The predicted molar refractivity (Wildman–Crippen MR) is 95.0 cm³/mol. The van der Waals surface area contributed by atoms with Gasteiger partial charge in [-0.25, -0.2) is 4.90 Å². The molecule has 0 radical (unpaired) electrons. The lowest BCUT2D eigenvalue weighted by molar-refractivity contribution is -0.136. The van der Waals surface area contributed by atoms with Crippen LogP contribution in [-0.2, 0) is 14.4 Å². The van der Waals surface area contributed by atoms with Crippen molar-refractivity contribution in [2.24, 2.45) is 5.16 Å². The lowest BCUT2D eigenvalue weighted by atomic mass is 9.92. The van der Waals surface area contributed by atoms with Gasteiger partial charge in [0.05, 0.1) is 17.8 Å². The van der Waals surface area contributed by atoms with Crippen LogP contribution < -0.4 is 4.90 Å². The Morgan fingerprint density at radius 2 is 1.76 bits per heavy atom. The molecule has 1 fully saturated rings. The molecule has 2 aromatic rings. The summed E-state index contributed by atoms with van der Waals surface area (Å²) >= 11 is 11.9. The average molecular weight is 375 g/mol. The normalized spacial score (nSPS) is 22.5. The van der Waals surface area contributed by atoms with Gasteiger partial charge in [0.2, 0.25) is 11.5 Å². The third-order valence-electron chi connectivity index (χ3n) is 4.31. The Morgan fingerprint density at radius 3 is 2.48 bits per heavy atom. The molecule has 5 nitrogen and oxygen atoms in total. The minimum Gasteiger partial charge on any atom is -0.378 e. The summed E-state index contributed by atoms with van der Waals surface area (Å²) in [5.41, 5.74) is 0.574. The van der Waals surface area contributed by atoms with Crippen LogP contribution in [0, 0.1) is 0 Å². The maximum atomic E-state index is 12.9. The number of carbonyl (C=O) groups is 2. The number of nitrogens with zero attached hydrogens (tertiary/aromatic N) is 2. The third kappa shape index (κ3) is 2.69. The molecular formula is C18H12Cl2N2O3. The van der Waals surface area contributed by atoms with E-state index in [1.807, 2.05) is 0 Å². The molecule has 2 amide bonds. The summed E-state index contributed by atoms with van der Waals surface area (Å²) in [6.45, 7) is 0. The van der Waals surface area contributed by atoms with Crippen LogP contribution in [0.2, 0.25) is 10.0 Å². The van der Waals surface area contributed by atoms with E-state index in [-0.39, 0.29) is 18.7 Å². The van der Waals surface area contributed by atoms with Crippen molar-refractivity contribution >= 4 is 46.4 Å². The monoisotopic (exact) mass is 374 g/mol. The largest absolute Gasteiger partial charge is 0.378 e. The molecule has 2 aromatic carbocycles. The van der Waals surface area contributed by atoms with Gasteiger partial charge in [0.25, 0.3) is 5.91 Å². The van der Waals surface area contributed by atoms with Crippen LogP contribution in [0.3, 0.4) is 0 Å². The number of anilines is 1. The Kier molecular flexibility index (Phi) is 3.78. The van der Waals surface area contributed by atoms with Crippen molar-refractivity contribution in [3.8, 4) is 0 Å². The number of halogens is 2. The highest BCUT2D eigenvalue weighted by atomic mass is 35.5. The summed E-state index contributed by atoms with van der Waals surface area (Å²) in [5.74, 6) is -0.757. The minimum absolute atomic E-state index is 0.0566. The summed E-state index contributed by atoms with van der Waals surface area (Å²) < 4.78 is 0. The van der Waals surface area contributed by atoms with E-state index in [0.717, 1.165) is 10.5 Å². The number of carbonyl (C=O) groups excluding carboxylic acids is 2. The fourth-order valence-corrected chi connectivity index (χ4v) is 3.39. The van der Waals surface area contributed by atoms with Crippen LogP contribution in [-0.4, -0.2) is 23.1 Å². The van der Waals surface area contributed by atoms with Crippen molar-refractivity contribution in [2.45, 2.75) is 18.4 Å². The summed E-state index contributed by atoms with van der Waals surface area (Å²) in [4.78, 5) is 32.0. The van der Waals surface area contributed by atoms with E-state index >= 15 is 0 Å². The van der Waals surface area contributed by atoms with Gasteiger partial charge in [-0.05, 0) is 35.9 Å². The topological polar surface area (TPSA) is 59.0 Å². The first-order valence-corrected chi connectivity index (χ1v) is 8.38. The van der Waals surface area contributed by atoms with E-state index in [4.69, 9.17) is 28.0 Å². The number of imide groups is 1. The van der Waals surface area contributed by atoms with Gasteiger partial charge in [0.15, 0.2) is 0 Å². The van der Waals surface area contributed by atoms with Gasteiger partial charge in [-0.2, -0.15) is 0 Å². The van der Waals surface area contributed by atoms with Gasteiger partial charge in [-0.15, -0.1) is 0 Å². The molecule has 0 unspecified atom stereocenters. The second-order valence-electron chi connectivity index (χ2n) is 6.00. The SMILES string of the molecule is O=C1C[C@]2(CC(c3ccc(Cl)cc3)=NO2)C(=O)N1c1cccc(Cl)c1. The Hall–Kier alpha value is -2.37. The smallest absolute Gasteiger partial charge is 0.281 e. The molecule has 0 saturated carbocycles. The van der Waals surface area contributed by atoms with Gasteiger partial charge >= 0.3 is 0 Å². The van der Waals surface area contributed by atoms with E-state index in [2.05, 4.69) is 5.16 Å². The zero-order valence-corrected chi connectivity index (χ0v) is 14.4. The van der Waals surface area contributed by atoms with Crippen LogP contribution in [0.5, 0.6) is 0 Å². The number of hydrogen-bond donors (Lipinski definition) is 0. The highest BCUT2D eigenvalue weighted by Gasteiger charge is 2.58. The van der Waals surface area contributed by atoms with E-state index in [1.54, 1.807) is 48.5 Å². The molecule has 4 rings (SSSR count). The highest BCUT2D eigenvalue weighted by Crippen LogP contribution is 2.39. The minimum atomic E-state index is -1.28. The second kappa shape index (κ2) is 5.86. The maximum absolute atomic E-state index is 12.9. The molecule has 1 spiro atoms. The predicted octanol–water partition coefficient (Wildman–Crippen LogP) is 3.82. The quantitative estimate of drug-likeness (QED) is 0.750. The molecule has 2 aliphatic rings. The number of benzene rings is 2. The standard InChI is InChI=1S/C18H12Cl2N2O3/c19-12-6-4-11(5-7-12)15-9-18(25-21-15)10-16(23)22(17(18)24)14-3-1-2-13(20)8-14/h1-8H,9-10H2/t18-/m1/s1. The van der Waals surface area contributed by atoms with Crippen molar-refractivity contribution in [3.63, 3.8) is 0 Å². The van der Waals surface area contributed by atoms with Crippen molar-refractivity contribution < 1.29 is 14.4 Å². The van der Waals surface area contributed by atoms with Gasteiger partial charge in [0, 0.05) is 16.5 Å². The zero-order chi connectivity index (χ0) is 17.6. The number of amides is 2. The summed E-state index contributed by atoms with van der Waals surface area (Å²) in [5, 5.41) is 5.11. The molecule has 2 heterocycles. The van der Waals surface area contributed by atoms with Crippen molar-refractivity contribution in [1.82, 2.24) is 0 Å². The van der Waals surface area contributed by atoms with E-state index in [1.165, 1.54) is 0 Å². The number of rotatable bonds is 2. The fourth-order valence-electron chi connectivity index (χ4n) is 3.08. The molecule has 0 bridgehead atoms. The average Bonchev–Trinajstić information content (AvgIpc) is 3.10. The molecular weight excluding hydrogens is 363 g/mol. The van der Waals surface area contributed by atoms with Crippen LogP contribution in [0.25, 0.3) is 0 Å². The Bertz CT molecular complexity index is 911. The van der Waals surface area contributed by atoms with Gasteiger partial charge < -0.3 is 4.84 Å². The molecule has 0 N–H and O–H groups in total. The molecule has 7 heteroatoms. The first-order valence-electron chi connectivity index (χ1n) is 7.62. The van der Waals surface area contributed by atoms with Gasteiger partial charge in [0.1, 0.15) is 0 Å². The van der Waals surface area contributed by atoms with Crippen LogP contribution in [0.1, 0.15) is 18.4 Å². The van der Waals surface area contributed by atoms with Crippen LogP contribution >= 0.6 is 23.2 Å². The van der Waals surface area contributed by atoms with E-state index in [0.29, 0.717) is 21.4 Å². The highest BCUT2D eigenvalue weighted by molar-refractivity contribution is 6.32. The lowest BCUT2D eigenvalue weighted by Gasteiger charge is -2.19. The Morgan fingerprint density at radius 1 is 1.00 bits per heavy atom.